The minimum Gasteiger partial charge on any atom is -0.497 e. The van der Waals surface area contributed by atoms with Gasteiger partial charge < -0.3 is 10.5 Å². The molecule has 35 heavy (non-hydrogen) atoms. The van der Waals surface area contributed by atoms with E-state index in [-0.39, 0.29) is 11.9 Å². The summed E-state index contributed by atoms with van der Waals surface area (Å²) in [7, 11) is 1.64. The average Bonchev–Trinajstić information content (AvgIpc) is 3.29. The number of hydrogen-bond acceptors (Lipinski definition) is 6. The lowest BCUT2D eigenvalue weighted by molar-refractivity contribution is 0.415. The summed E-state index contributed by atoms with van der Waals surface area (Å²) in [6.45, 7) is 3.97. The van der Waals surface area contributed by atoms with Gasteiger partial charge in [-0.3, -0.25) is 4.57 Å². The predicted octanol–water partition coefficient (Wildman–Crippen LogP) is 5.51. The van der Waals surface area contributed by atoms with Crippen molar-refractivity contribution in [3.8, 4) is 17.0 Å². The van der Waals surface area contributed by atoms with Gasteiger partial charge in [0, 0.05) is 10.8 Å². The molecule has 0 aliphatic heterocycles. The Hall–Kier alpha value is -4.30. The maximum atomic E-state index is 6.59. The Morgan fingerprint density at radius 3 is 2.49 bits per heavy atom. The zero-order valence-electron chi connectivity index (χ0n) is 19.6. The van der Waals surface area contributed by atoms with Crippen molar-refractivity contribution in [3.05, 3.63) is 94.2 Å². The highest BCUT2D eigenvalue weighted by Gasteiger charge is 2.13. The molecule has 3 aromatic carbocycles. The van der Waals surface area contributed by atoms with Gasteiger partial charge in [-0.1, -0.05) is 48.0 Å². The Kier molecular flexibility index (Phi) is 6.12. The lowest BCUT2D eigenvalue weighted by Gasteiger charge is -2.09. The molecule has 5 aromatic rings. The second-order valence-electron chi connectivity index (χ2n) is 8.01. The van der Waals surface area contributed by atoms with Crippen LogP contribution >= 0.6 is 11.3 Å². The van der Waals surface area contributed by atoms with E-state index in [1.54, 1.807) is 7.11 Å². The number of fused-ring (bicyclic) bond motifs is 1. The zero-order chi connectivity index (χ0) is 24.4. The molecule has 0 amide bonds. The lowest BCUT2D eigenvalue weighted by Crippen LogP contribution is -2.31. The van der Waals surface area contributed by atoms with Crippen LogP contribution in [-0.4, -0.2) is 27.6 Å². The molecule has 0 bridgehead atoms. The second-order valence-corrected chi connectivity index (χ2v) is 8.85. The molecule has 0 unspecified atom stereocenters. The summed E-state index contributed by atoms with van der Waals surface area (Å²) in [6.07, 6.45) is 0. The molecule has 0 saturated heterocycles. The van der Waals surface area contributed by atoms with Crippen molar-refractivity contribution in [1.29, 1.82) is 0 Å². The second kappa shape index (κ2) is 9.52. The molecular weight excluding hydrogens is 456 g/mol. The molecule has 0 fully saturated rings. The largest absolute Gasteiger partial charge is 0.497 e. The van der Waals surface area contributed by atoms with E-state index in [0.29, 0.717) is 4.80 Å². The number of thiazole rings is 1. The smallest absolute Gasteiger partial charge is 0.253 e. The fraction of sp³-hybridized carbons (Fsp3) is 0.111. The molecule has 0 radical (unpaired) electrons. The predicted molar refractivity (Wildman–Crippen MR) is 142 cm³/mol. The lowest BCUT2D eigenvalue weighted by atomic mass is 10.2. The van der Waals surface area contributed by atoms with Gasteiger partial charge in [0.25, 0.3) is 5.95 Å². The van der Waals surface area contributed by atoms with Gasteiger partial charge in [0.05, 0.1) is 29.7 Å². The van der Waals surface area contributed by atoms with E-state index in [0.717, 1.165) is 39.3 Å². The van der Waals surface area contributed by atoms with Crippen LogP contribution in [0.2, 0.25) is 0 Å². The summed E-state index contributed by atoms with van der Waals surface area (Å²) < 4.78 is 7.17. The van der Waals surface area contributed by atoms with E-state index in [2.05, 4.69) is 21.9 Å². The number of ether oxygens (including phenoxy) is 1. The Bertz CT molecular complexity index is 1600. The summed E-state index contributed by atoms with van der Waals surface area (Å²) in [4.78, 5) is 19.3. The first kappa shape index (κ1) is 22.5. The molecule has 2 heterocycles. The SMILES string of the molecule is COc1ccc2nc(N=C(N)n3c(-c4ccccc4)csc3=Nc3ccc(C)cc3)nc(C)c2c1. The Balaban J connectivity index is 1.66. The van der Waals surface area contributed by atoms with Gasteiger partial charge in [-0.15, -0.1) is 11.3 Å². The van der Waals surface area contributed by atoms with E-state index in [9.17, 15) is 0 Å². The first-order valence-electron chi connectivity index (χ1n) is 11.1. The van der Waals surface area contributed by atoms with E-state index >= 15 is 0 Å². The van der Waals surface area contributed by atoms with Crippen molar-refractivity contribution >= 4 is 39.8 Å². The first-order valence-corrected chi connectivity index (χ1v) is 11.9. The fourth-order valence-electron chi connectivity index (χ4n) is 3.73. The number of hydrogen-bond donors (Lipinski definition) is 1. The normalized spacial score (nSPS) is 12.3. The summed E-state index contributed by atoms with van der Waals surface area (Å²) in [5.41, 5.74) is 12.1. The highest BCUT2D eigenvalue weighted by Crippen LogP contribution is 2.24. The third-order valence-corrected chi connectivity index (χ3v) is 6.39. The molecule has 0 atom stereocenters. The quantitative estimate of drug-likeness (QED) is 0.271. The monoisotopic (exact) mass is 480 g/mol. The van der Waals surface area contributed by atoms with Gasteiger partial charge in [-0.2, -0.15) is 4.99 Å². The van der Waals surface area contributed by atoms with Crippen LogP contribution < -0.4 is 15.3 Å². The number of methoxy groups -OCH3 is 1. The van der Waals surface area contributed by atoms with Crippen LogP contribution in [0.5, 0.6) is 5.75 Å². The van der Waals surface area contributed by atoms with Crippen LogP contribution in [-0.2, 0) is 0 Å². The van der Waals surface area contributed by atoms with Gasteiger partial charge in [-0.25, -0.2) is 15.0 Å². The van der Waals surface area contributed by atoms with Gasteiger partial charge in [0.1, 0.15) is 5.75 Å². The van der Waals surface area contributed by atoms with E-state index in [1.165, 1.54) is 16.9 Å². The van der Waals surface area contributed by atoms with Gasteiger partial charge in [0.15, 0.2) is 4.80 Å². The summed E-state index contributed by atoms with van der Waals surface area (Å²) in [5, 5.41) is 2.94. The number of nitrogens with two attached hydrogens (primary N) is 1. The number of rotatable bonds is 4. The topological polar surface area (TPSA) is 90.7 Å². The van der Waals surface area contributed by atoms with Crippen molar-refractivity contribution in [2.75, 3.05) is 7.11 Å². The maximum absolute atomic E-state index is 6.59. The number of aryl methyl sites for hydroxylation is 2. The van der Waals surface area contributed by atoms with Gasteiger partial charge in [0.2, 0.25) is 5.96 Å². The highest BCUT2D eigenvalue weighted by molar-refractivity contribution is 7.07. The molecule has 0 spiro atoms. The molecule has 0 aliphatic rings. The van der Waals surface area contributed by atoms with Crippen molar-refractivity contribution in [1.82, 2.24) is 14.5 Å². The molecule has 2 aromatic heterocycles. The molecular formula is C27H24N6OS. The van der Waals surface area contributed by atoms with E-state index < -0.39 is 0 Å². The van der Waals surface area contributed by atoms with Crippen molar-refractivity contribution in [3.63, 3.8) is 0 Å². The van der Waals surface area contributed by atoms with Crippen molar-refractivity contribution in [2.24, 2.45) is 15.7 Å². The number of aliphatic imine (C=N–C) groups is 1. The molecule has 7 nitrogen and oxygen atoms in total. The van der Waals surface area contributed by atoms with Crippen molar-refractivity contribution in [2.45, 2.75) is 13.8 Å². The third-order valence-electron chi connectivity index (χ3n) is 5.56. The maximum Gasteiger partial charge on any atom is 0.253 e. The summed E-state index contributed by atoms with van der Waals surface area (Å²) in [6, 6.07) is 23.7. The Labute approximate surface area is 206 Å². The Morgan fingerprint density at radius 2 is 1.74 bits per heavy atom. The number of aromatic nitrogens is 3. The molecule has 0 saturated carbocycles. The minimum absolute atomic E-state index is 0.239. The summed E-state index contributed by atoms with van der Waals surface area (Å²) >= 11 is 1.50. The number of nitrogens with zero attached hydrogens (tertiary/aromatic N) is 5. The zero-order valence-corrected chi connectivity index (χ0v) is 20.5. The molecule has 174 valence electrons. The fourth-order valence-corrected chi connectivity index (χ4v) is 4.64. The van der Waals surface area contributed by atoms with Crippen LogP contribution in [0.4, 0.5) is 11.6 Å². The minimum atomic E-state index is 0.239. The third kappa shape index (κ3) is 4.69. The van der Waals surface area contributed by atoms with Gasteiger partial charge >= 0.3 is 0 Å². The first-order chi connectivity index (χ1) is 17.0. The van der Waals surface area contributed by atoms with Gasteiger partial charge in [-0.05, 0) is 49.7 Å². The molecule has 2 N–H and O–H groups in total. The Morgan fingerprint density at radius 1 is 0.971 bits per heavy atom. The van der Waals surface area contributed by atoms with Crippen LogP contribution in [0.1, 0.15) is 11.3 Å². The molecule has 8 heteroatoms. The molecule has 0 aliphatic carbocycles. The van der Waals surface area contributed by atoms with Crippen molar-refractivity contribution < 1.29 is 4.74 Å². The average molecular weight is 481 g/mol. The number of benzene rings is 3. The molecule has 5 rings (SSSR count). The van der Waals surface area contributed by atoms with E-state index in [1.807, 2.05) is 89.7 Å². The van der Waals surface area contributed by atoms with Crippen LogP contribution in [0, 0.1) is 13.8 Å². The standard InChI is InChI=1S/C27H24N6OS/c1-17-9-11-20(12-10-17)30-27-33(24(16-35-27)19-7-5-4-6-8-19)25(28)32-26-29-18(2)22-15-21(34-3)13-14-23(22)31-26/h4-16H,1-3H3,(H2,28,29,31,32). The van der Waals surface area contributed by atoms with Crippen LogP contribution in [0.15, 0.2) is 88.2 Å². The highest BCUT2D eigenvalue weighted by atomic mass is 32.1. The van der Waals surface area contributed by atoms with Crippen LogP contribution in [0.3, 0.4) is 0 Å². The van der Waals surface area contributed by atoms with E-state index in [4.69, 9.17) is 15.5 Å². The summed E-state index contributed by atoms with van der Waals surface area (Å²) in [5.74, 6) is 1.28. The van der Waals surface area contributed by atoms with Crippen LogP contribution in [0.25, 0.3) is 22.2 Å².